The van der Waals surface area contributed by atoms with E-state index in [1.807, 2.05) is 6.92 Å². The van der Waals surface area contributed by atoms with E-state index in [2.05, 4.69) is 0 Å². The van der Waals surface area contributed by atoms with Crippen molar-refractivity contribution in [2.24, 2.45) is 0 Å². The van der Waals surface area contributed by atoms with Crippen LogP contribution in [0.5, 0.6) is 0 Å². The smallest absolute Gasteiger partial charge is 0.243 e. The lowest BCUT2D eigenvalue weighted by Gasteiger charge is -2.23. The molecule has 1 N–H and O–H groups in total. The minimum absolute atomic E-state index is 0.108. The summed E-state index contributed by atoms with van der Waals surface area (Å²) in [4.78, 5) is 0.230. The van der Waals surface area contributed by atoms with Crippen LogP contribution in [0.2, 0.25) is 0 Å². The Hall–Kier alpha value is -0.950. The molecule has 0 saturated carbocycles. The summed E-state index contributed by atoms with van der Waals surface area (Å²) >= 11 is 0. The maximum absolute atomic E-state index is 12.6. The monoisotopic (exact) mass is 299 g/mol. The highest BCUT2D eigenvalue weighted by Gasteiger charge is 2.30. The van der Waals surface area contributed by atoms with Gasteiger partial charge in [-0.3, -0.25) is 0 Å². The summed E-state index contributed by atoms with van der Waals surface area (Å²) in [6.45, 7) is 2.87. The minimum atomic E-state index is -3.54. The van der Waals surface area contributed by atoms with Gasteiger partial charge in [0, 0.05) is 13.7 Å². The number of likely N-dealkylation sites (N-methyl/N-ethyl adjacent to an activating group) is 1. The Bertz CT molecular complexity index is 565. The number of benzene rings is 1. The van der Waals surface area contributed by atoms with Crippen molar-refractivity contribution in [3.8, 4) is 0 Å². The molecule has 112 valence electrons. The lowest BCUT2D eigenvalue weighted by Crippen LogP contribution is -2.37. The summed E-state index contributed by atoms with van der Waals surface area (Å²) in [5.74, 6) is 0. The fourth-order valence-electron chi connectivity index (χ4n) is 2.43. The molecule has 0 amide bonds. The zero-order valence-corrected chi connectivity index (χ0v) is 12.7. The van der Waals surface area contributed by atoms with Crippen molar-refractivity contribution in [2.75, 3.05) is 20.3 Å². The van der Waals surface area contributed by atoms with Gasteiger partial charge < -0.3 is 9.84 Å². The normalized spacial score (nSPS) is 19.7. The number of aryl methyl sites for hydroxylation is 1. The molecule has 6 heteroatoms. The molecule has 0 spiro atoms. The molecule has 5 nitrogen and oxygen atoms in total. The molecule has 1 heterocycles. The highest BCUT2D eigenvalue weighted by atomic mass is 32.2. The number of rotatable bonds is 5. The molecule has 1 aliphatic heterocycles. The van der Waals surface area contributed by atoms with Crippen LogP contribution in [0.25, 0.3) is 0 Å². The van der Waals surface area contributed by atoms with Gasteiger partial charge in [0.1, 0.15) is 0 Å². The zero-order chi connectivity index (χ0) is 14.8. The number of ether oxygens (including phenoxy) is 1. The second-order valence-electron chi connectivity index (χ2n) is 4.98. The first-order valence-electron chi connectivity index (χ1n) is 6.79. The molecular formula is C14H21NO4S. The molecule has 0 radical (unpaired) electrons. The third-order valence-corrected chi connectivity index (χ3v) is 5.73. The van der Waals surface area contributed by atoms with Crippen LogP contribution in [-0.2, 0) is 27.8 Å². The van der Waals surface area contributed by atoms with Gasteiger partial charge in [0.2, 0.25) is 10.0 Å². The average molecular weight is 299 g/mol. The third-order valence-electron chi connectivity index (χ3n) is 3.83. The largest absolute Gasteiger partial charge is 0.392 e. The second kappa shape index (κ2) is 6.22. The van der Waals surface area contributed by atoms with E-state index in [-0.39, 0.29) is 17.5 Å². The molecule has 1 aromatic rings. The molecule has 1 fully saturated rings. The summed E-state index contributed by atoms with van der Waals surface area (Å²) in [5.41, 5.74) is 1.64. The summed E-state index contributed by atoms with van der Waals surface area (Å²) in [7, 11) is -1.95. The standard InChI is InChI=1S/C14H21NO4S/c1-3-11-4-5-14(8-12(11)9-16)20(17,18)15(2)13-6-7-19-10-13/h4-5,8,13,16H,3,6-7,9-10H2,1-2H3. The van der Waals surface area contributed by atoms with Crippen molar-refractivity contribution >= 4 is 10.0 Å². The van der Waals surface area contributed by atoms with Gasteiger partial charge >= 0.3 is 0 Å². The molecule has 0 aliphatic carbocycles. The molecule has 1 atom stereocenters. The Labute approximate surface area is 120 Å². The summed E-state index contributed by atoms with van der Waals surface area (Å²) in [6, 6.07) is 4.85. The molecular weight excluding hydrogens is 278 g/mol. The first-order chi connectivity index (χ1) is 9.50. The molecule has 0 aromatic heterocycles. The van der Waals surface area contributed by atoms with Crippen molar-refractivity contribution in [3.05, 3.63) is 29.3 Å². The van der Waals surface area contributed by atoms with Crippen LogP contribution in [-0.4, -0.2) is 44.1 Å². The van der Waals surface area contributed by atoms with E-state index in [0.29, 0.717) is 18.8 Å². The predicted octanol–water partition coefficient (Wildman–Crippen LogP) is 1.15. The van der Waals surface area contributed by atoms with Gasteiger partial charge in [0.05, 0.1) is 24.2 Å². The van der Waals surface area contributed by atoms with E-state index < -0.39 is 10.0 Å². The third kappa shape index (κ3) is 2.88. The van der Waals surface area contributed by atoms with Gasteiger partial charge in [-0.05, 0) is 36.1 Å². The average Bonchev–Trinajstić information content (AvgIpc) is 2.99. The predicted molar refractivity (Wildman–Crippen MR) is 75.9 cm³/mol. The fourth-order valence-corrected chi connectivity index (χ4v) is 3.85. The maximum Gasteiger partial charge on any atom is 0.243 e. The Morgan fingerprint density at radius 2 is 2.15 bits per heavy atom. The molecule has 1 aromatic carbocycles. The van der Waals surface area contributed by atoms with Gasteiger partial charge in [-0.1, -0.05) is 13.0 Å². The SMILES string of the molecule is CCc1ccc(S(=O)(=O)N(C)C2CCOC2)cc1CO. The number of aliphatic hydroxyl groups excluding tert-OH is 1. The summed E-state index contributed by atoms with van der Waals surface area (Å²) in [6.07, 6.45) is 1.48. The number of nitrogens with zero attached hydrogens (tertiary/aromatic N) is 1. The van der Waals surface area contributed by atoms with Crippen LogP contribution in [0, 0.1) is 0 Å². The number of aliphatic hydroxyl groups is 1. The van der Waals surface area contributed by atoms with E-state index in [9.17, 15) is 13.5 Å². The van der Waals surface area contributed by atoms with Crippen molar-refractivity contribution in [1.82, 2.24) is 4.31 Å². The zero-order valence-electron chi connectivity index (χ0n) is 11.9. The maximum atomic E-state index is 12.6. The van der Waals surface area contributed by atoms with Crippen LogP contribution < -0.4 is 0 Å². The fraction of sp³-hybridized carbons (Fsp3) is 0.571. The Balaban J connectivity index is 2.33. The topological polar surface area (TPSA) is 66.8 Å². The van der Waals surface area contributed by atoms with E-state index >= 15 is 0 Å². The molecule has 1 aliphatic rings. The van der Waals surface area contributed by atoms with Crippen molar-refractivity contribution < 1.29 is 18.3 Å². The van der Waals surface area contributed by atoms with E-state index in [1.165, 1.54) is 4.31 Å². The molecule has 1 unspecified atom stereocenters. The first-order valence-corrected chi connectivity index (χ1v) is 8.23. The van der Waals surface area contributed by atoms with Crippen LogP contribution in [0.4, 0.5) is 0 Å². The van der Waals surface area contributed by atoms with Gasteiger partial charge in [0.25, 0.3) is 0 Å². The van der Waals surface area contributed by atoms with Crippen molar-refractivity contribution in [2.45, 2.75) is 37.3 Å². The summed E-state index contributed by atoms with van der Waals surface area (Å²) in [5, 5.41) is 9.36. The summed E-state index contributed by atoms with van der Waals surface area (Å²) < 4.78 is 31.8. The van der Waals surface area contributed by atoms with Crippen LogP contribution in [0.1, 0.15) is 24.5 Å². The number of sulfonamides is 1. The van der Waals surface area contributed by atoms with Crippen LogP contribution in [0.3, 0.4) is 0 Å². The quantitative estimate of drug-likeness (QED) is 0.886. The lowest BCUT2D eigenvalue weighted by molar-refractivity contribution is 0.181. The minimum Gasteiger partial charge on any atom is -0.392 e. The van der Waals surface area contributed by atoms with E-state index in [1.54, 1.807) is 25.2 Å². The molecule has 2 rings (SSSR count). The van der Waals surface area contributed by atoms with Gasteiger partial charge in [-0.2, -0.15) is 4.31 Å². The molecule has 20 heavy (non-hydrogen) atoms. The van der Waals surface area contributed by atoms with Crippen LogP contribution in [0.15, 0.2) is 23.1 Å². The van der Waals surface area contributed by atoms with E-state index in [4.69, 9.17) is 4.74 Å². The molecule has 1 saturated heterocycles. The van der Waals surface area contributed by atoms with Gasteiger partial charge in [0.15, 0.2) is 0 Å². The Kier molecular flexibility index (Phi) is 4.80. The highest BCUT2D eigenvalue weighted by Crippen LogP contribution is 2.23. The Morgan fingerprint density at radius 1 is 1.40 bits per heavy atom. The number of hydrogen-bond acceptors (Lipinski definition) is 4. The lowest BCUT2D eigenvalue weighted by atomic mass is 10.1. The van der Waals surface area contributed by atoms with Crippen molar-refractivity contribution in [1.29, 1.82) is 0 Å². The van der Waals surface area contributed by atoms with Crippen molar-refractivity contribution in [3.63, 3.8) is 0 Å². The van der Waals surface area contributed by atoms with Gasteiger partial charge in [-0.15, -0.1) is 0 Å². The highest BCUT2D eigenvalue weighted by molar-refractivity contribution is 7.89. The first kappa shape index (κ1) is 15.4. The Morgan fingerprint density at radius 3 is 2.70 bits per heavy atom. The van der Waals surface area contributed by atoms with Crippen LogP contribution >= 0.6 is 0 Å². The van der Waals surface area contributed by atoms with E-state index in [0.717, 1.165) is 18.4 Å². The number of hydrogen-bond donors (Lipinski definition) is 1. The second-order valence-corrected chi connectivity index (χ2v) is 6.98. The van der Waals surface area contributed by atoms with Gasteiger partial charge in [-0.25, -0.2) is 8.42 Å². The molecule has 0 bridgehead atoms.